The highest BCUT2D eigenvalue weighted by atomic mass is 35.5. The number of sulfone groups is 1. The van der Waals surface area contributed by atoms with Crippen LogP contribution in [0.25, 0.3) is 11.5 Å². The van der Waals surface area contributed by atoms with Gasteiger partial charge in [-0.3, -0.25) is 0 Å². The summed E-state index contributed by atoms with van der Waals surface area (Å²) in [6, 6.07) is 19.3. The summed E-state index contributed by atoms with van der Waals surface area (Å²) in [5.41, 5.74) is 2.40. The molecule has 0 saturated heterocycles. The van der Waals surface area contributed by atoms with Crippen LogP contribution < -0.4 is 14.8 Å². The van der Waals surface area contributed by atoms with E-state index in [4.69, 9.17) is 25.5 Å². The number of hydrogen-bond donors (Lipinski definition) is 1. The van der Waals surface area contributed by atoms with E-state index in [-0.39, 0.29) is 28.2 Å². The Morgan fingerprint density at radius 1 is 0.971 bits per heavy atom. The second kappa shape index (κ2) is 9.04. The van der Waals surface area contributed by atoms with E-state index in [1.54, 1.807) is 12.1 Å². The number of fused-ring (bicyclic) bond motifs is 1. The van der Waals surface area contributed by atoms with Gasteiger partial charge in [0.1, 0.15) is 13.2 Å². The fourth-order valence-corrected chi connectivity index (χ4v) is 5.14. The summed E-state index contributed by atoms with van der Waals surface area (Å²) >= 11 is 6.28. The predicted molar refractivity (Wildman–Crippen MR) is 128 cm³/mol. The van der Waals surface area contributed by atoms with Gasteiger partial charge in [-0.05, 0) is 42.3 Å². The number of oxazole rings is 1. The minimum absolute atomic E-state index is 0.0298. The van der Waals surface area contributed by atoms with Crippen LogP contribution in [0.5, 0.6) is 11.5 Å². The average Bonchev–Trinajstić information content (AvgIpc) is 3.28. The van der Waals surface area contributed by atoms with Crippen LogP contribution in [-0.2, 0) is 16.4 Å². The molecular formula is C25H21ClN2O5S. The van der Waals surface area contributed by atoms with Gasteiger partial charge in [0, 0.05) is 23.2 Å². The van der Waals surface area contributed by atoms with Crippen LogP contribution in [0.15, 0.2) is 81.1 Å². The molecule has 3 aromatic carbocycles. The van der Waals surface area contributed by atoms with E-state index < -0.39 is 9.84 Å². The molecule has 4 aromatic rings. The molecule has 0 unspecified atom stereocenters. The summed E-state index contributed by atoms with van der Waals surface area (Å²) in [6.07, 6.45) is 0. The molecule has 0 saturated carbocycles. The first-order chi connectivity index (χ1) is 16.4. The fourth-order valence-electron chi connectivity index (χ4n) is 3.65. The molecule has 1 N–H and O–H groups in total. The molecule has 1 aliphatic heterocycles. The molecule has 1 aromatic heterocycles. The van der Waals surface area contributed by atoms with Crippen LogP contribution in [0.2, 0.25) is 5.02 Å². The minimum Gasteiger partial charge on any atom is -0.486 e. The van der Waals surface area contributed by atoms with Crippen molar-refractivity contribution in [3.63, 3.8) is 0 Å². The van der Waals surface area contributed by atoms with Crippen molar-refractivity contribution in [3.8, 4) is 23.0 Å². The molecule has 0 atom stereocenters. The standard InChI is InChI=1S/C25H21ClN2O5S/c1-16-6-2-4-8-19(16)23-28-25(24(33-23)27-15-17-7-3-5-9-20(17)26)34(29,30)18-10-11-21-22(14-18)32-13-12-31-21/h2-11,14,27H,12-13,15H2,1H3. The lowest BCUT2D eigenvalue weighted by atomic mass is 10.1. The lowest BCUT2D eigenvalue weighted by Gasteiger charge is -2.18. The zero-order valence-electron chi connectivity index (χ0n) is 18.2. The quantitative estimate of drug-likeness (QED) is 0.376. The van der Waals surface area contributed by atoms with Gasteiger partial charge in [0.15, 0.2) is 11.5 Å². The normalized spacial score (nSPS) is 13.0. The monoisotopic (exact) mass is 496 g/mol. The fraction of sp³-hybridized carbons (Fsp3) is 0.160. The van der Waals surface area contributed by atoms with Gasteiger partial charge in [0.05, 0.1) is 4.90 Å². The van der Waals surface area contributed by atoms with Crippen LogP contribution in [-0.4, -0.2) is 26.6 Å². The molecule has 9 heteroatoms. The van der Waals surface area contributed by atoms with Gasteiger partial charge in [0.25, 0.3) is 0 Å². The molecule has 0 bridgehead atoms. The van der Waals surface area contributed by atoms with Crippen molar-refractivity contribution in [2.75, 3.05) is 18.5 Å². The van der Waals surface area contributed by atoms with Crippen molar-refractivity contribution >= 4 is 27.3 Å². The van der Waals surface area contributed by atoms with Crippen LogP contribution in [0.1, 0.15) is 11.1 Å². The lowest BCUT2D eigenvalue weighted by molar-refractivity contribution is 0.171. The topological polar surface area (TPSA) is 90.7 Å². The van der Waals surface area contributed by atoms with Crippen LogP contribution in [0, 0.1) is 6.92 Å². The van der Waals surface area contributed by atoms with Crippen LogP contribution >= 0.6 is 11.6 Å². The van der Waals surface area contributed by atoms with Crippen LogP contribution in [0.3, 0.4) is 0 Å². The van der Waals surface area contributed by atoms with Crippen molar-refractivity contribution < 1.29 is 22.3 Å². The Morgan fingerprint density at radius 3 is 2.50 bits per heavy atom. The number of halogens is 1. The third-order valence-corrected chi connectivity index (χ3v) is 7.48. The van der Waals surface area contributed by atoms with E-state index in [9.17, 15) is 8.42 Å². The molecule has 1 aliphatic rings. The Bertz CT molecular complexity index is 1470. The number of aryl methyl sites for hydroxylation is 1. The van der Waals surface area contributed by atoms with Gasteiger partial charge in [-0.25, -0.2) is 8.42 Å². The van der Waals surface area contributed by atoms with Crippen LogP contribution in [0.4, 0.5) is 5.88 Å². The SMILES string of the molecule is Cc1ccccc1-c1nc(S(=O)(=O)c2ccc3c(c2)OCCO3)c(NCc2ccccc2Cl)o1. The summed E-state index contributed by atoms with van der Waals surface area (Å²) < 4.78 is 44.4. The first kappa shape index (κ1) is 22.3. The van der Waals surface area contributed by atoms with Crippen molar-refractivity contribution in [3.05, 3.63) is 82.9 Å². The molecular weight excluding hydrogens is 476 g/mol. The summed E-state index contributed by atoms with van der Waals surface area (Å²) in [4.78, 5) is 4.44. The Hall–Kier alpha value is -3.49. The number of nitrogens with zero attached hydrogens (tertiary/aromatic N) is 1. The Labute approximate surface area is 202 Å². The number of hydrogen-bond acceptors (Lipinski definition) is 7. The largest absolute Gasteiger partial charge is 0.486 e. The highest BCUT2D eigenvalue weighted by Gasteiger charge is 2.30. The highest BCUT2D eigenvalue weighted by Crippen LogP contribution is 2.37. The number of nitrogens with one attached hydrogen (secondary N) is 1. The Morgan fingerprint density at radius 2 is 1.71 bits per heavy atom. The number of rotatable bonds is 6. The molecule has 0 aliphatic carbocycles. The highest BCUT2D eigenvalue weighted by molar-refractivity contribution is 7.91. The summed E-state index contributed by atoms with van der Waals surface area (Å²) in [7, 11) is -4.05. The number of ether oxygens (including phenoxy) is 2. The van der Waals surface area contributed by atoms with Gasteiger partial charge in [-0.2, -0.15) is 4.98 Å². The summed E-state index contributed by atoms with van der Waals surface area (Å²) in [5.74, 6) is 1.12. The number of anilines is 1. The third kappa shape index (κ3) is 4.22. The van der Waals surface area contributed by atoms with Gasteiger partial charge in [-0.1, -0.05) is 48.0 Å². The predicted octanol–water partition coefficient (Wildman–Crippen LogP) is 5.52. The molecule has 0 spiro atoms. The second-order valence-corrected chi connectivity index (χ2v) is 9.99. The Kier molecular flexibility index (Phi) is 5.93. The maximum absolute atomic E-state index is 13.7. The maximum Gasteiger partial charge on any atom is 0.234 e. The summed E-state index contributed by atoms with van der Waals surface area (Å²) in [6.45, 7) is 2.93. The van der Waals surface area contributed by atoms with E-state index >= 15 is 0 Å². The van der Waals surface area contributed by atoms with Crippen molar-refractivity contribution in [1.82, 2.24) is 4.98 Å². The van der Waals surface area contributed by atoms with E-state index in [0.717, 1.165) is 11.1 Å². The van der Waals surface area contributed by atoms with Gasteiger partial charge in [-0.15, -0.1) is 0 Å². The van der Waals surface area contributed by atoms with Crippen molar-refractivity contribution in [2.24, 2.45) is 0 Å². The van der Waals surface area contributed by atoms with Gasteiger partial charge in [0.2, 0.25) is 26.6 Å². The first-order valence-electron chi connectivity index (χ1n) is 10.6. The molecule has 34 heavy (non-hydrogen) atoms. The van der Waals surface area contributed by atoms with Gasteiger partial charge >= 0.3 is 0 Å². The average molecular weight is 497 g/mol. The zero-order valence-corrected chi connectivity index (χ0v) is 19.8. The summed E-state index contributed by atoms with van der Waals surface area (Å²) in [5, 5.41) is 3.42. The van der Waals surface area contributed by atoms with E-state index in [1.807, 2.05) is 49.4 Å². The molecule has 0 amide bonds. The second-order valence-electron chi connectivity index (χ2n) is 7.72. The molecule has 174 valence electrons. The maximum atomic E-state index is 13.7. The van der Waals surface area contributed by atoms with Gasteiger partial charge < -0.3 is 19.2 Å². The lowest BCUT2D eigenvalue weighted by Crippen LogP contribution is -2.16. The number of aromatic nitrogens is 1. The minimum atomic E-state index is -4.05. The van der Waals surface area contributed by atoms with E-state index in [1.165, 1.54) is 12.1 Å². The molecule has 0 radical (unpaired) electrons. The van der Waals surface area contributed by atoms with E-state index in [0.29, 0.717) is 35.3 Å². The van der Waals surface area contributed by atoms with Crippen molar-refractivity contribution in [1.29, 1.82) is 0 Å². The zero-order chi connectivity index (χ0) is 23.7. The molecule has 7 nitrogen and oxygen atoms in total. The smallest absolute Gasteiger partial charge is 0.234 e. The molecule has 2 heterocycles. The number of benzene rings is 3. The van der Waals surface area contributed by atoms with E-state index in [2.05, 4.69) is 10.3 Å². The Balaban J connectivity index is 1.58. The van der Waals surface area contributed by atoms with Crippen molar-refractivity contribution in [2.45, 2.75) is 23.4 Å². The first-order valence-corrected chi connectivity index (χ1v) is 12.5. The molecule has 0 fully saturated rings. The molecule has 5 rings (SSSR count). The third-order valence-electron chi connectivity index (χ3n) is 5.45.